The molecule has 4 rings (SSSR count). The summed E-state index contributed by atoms with van der Waals surface area (Å²) in [4.78, 5) is 16.5. The topological polar surface area (TPSA) is 54.0 Å². The summed E-state index contributed by atoms with van der Waals surface area (Å²) >= 11 is 1.65. The lowest BCUT2D eigenvalue weighted by Crippen LogP contribution is -2.43. The zero-order chi connectivity index (χ0) is 12.8. The summed E-state index contributed by atoms with van der Waals surface area (Å²) in [6.07, 6.45) is 5.26. The fourth-order valence-electron chi connectivity index (χ4n) is 3.22. The Morgan fingerprint density at radius 2 is 2.42 bits per heavy atom. The number of nitrogens with zero attached hydrogens (tertiary/aromatic N) is 1. The average Bonchev–Trinajstić information content (AvgIpc) is 3.13. The number of amides is 1. The Bertz CT molecular complexity index is 638. The molecule has 0 radical (unpaired) electrons. The van der Waals surface area contributed by atoms with E-state index < -0.39 is 0 Å². The van der Waals surface area contributed by atoms with Gasteiger partial charge in [-0.2, -0.15) is 0 Å². The zero-order valence-electron chi connectivity index (χ0n) is 10.4. The van der Waals surface area contributed by atoms with Crippen LogP contribution in [0.1, 0.15) is 29.8 Å². The maximum Gasteiger partial charge on any atom is 0.270 e. The predicted octanol–water partition coefficient (Wildman–Crippen LogP) is 1.92. The third kappa shape index (κ3) is 1.93. The van der Waals surface area contributed by atoms with Crippen molar-refractivity contribution in [2.45, 2.75) is 37.4 Å². The second-order valence-electron chi connectivity index (χ2n) is 5.39. The first kappa shape index (κ1) is 11.4. The van der Waals surface area contributed by atoms with Crippen LogP contribution in [0, 0.1) is 0 Å². The first-order valence-electron chi connectivity index (χ1n) is 6.70. The van der Waals surface area contributed by atoms with Crippen LogP contribution < -0.4 is 10.6 Å². The Morgan fingerprint density at radius 1 is 1.47 bits per heavy atom. The highest BCUT2D eigenvalue weighted by Gasteiger charge is 2.39. The number of rotatable bonds is 2. The second kappa shape index (κ2) is 4.28. The predicted molar refractivity (Wildman–Crippen MR) is 75.4 cm³/mol. The minimum atomic E-state index is -0.0487. The van der Waals surface area contributed by atoms with Crippen LogP contribution in [-0.4, -0.2) is 29.0 Å². The van der Waals surface area contributed by atoms with Crippen molar-refractivity contribution in [3.63, 3.8) is 0 Å². The fraction of sp³-hybridized carbons (Fsp3) is 0.429. The summed E-state index contributed by atoms with van der Waals surface area (Å²) in [5, 5.41) is 9.77. The summed E-state index contributed by atoms with van der Waals surface area (Å²) in [6.45, 7) is 0. The van der Waals surface area contributed by atoms with Crippen molar-refractivity contribution in [3.8, 4) is 0 Å². The largest absolute Gasteiger partial charge is 0.346 e. The number of pyridine rings is 1. The third-order valence-electron chi connectivity index (χ3n) is 4.19. The van der Waals surface area contributed by atoms with Crippen LogP contribution in [0.5, 0.6) is 0 Å². The monoisotopic (exact) mass is 273 g/mol. The molecule has 2 aromatic heterocycles. The summed E-state index contributed by atoms with van der Waals surface area (Å²) in [5.74, 6) is -0.0487. The van der Waals surface area contributed by atoms with Gasteiger partial charge in [-0.3, -0.25) is 4.79 Å². The smallest absolute Gasteiger partial charge is 0.270 e. The molecule has 2 aromatic rings. The molecule has 2 fully saturated rings. The van der Waals surface area contributed by atoms with Crippen molar-refractivity contribution >= 4 is 27.3 Å². The van der Waals surface area contributed by atoms with E-state index >= 15 is 0 Å². The quantitative estimate of drug-likeness (QED) is 0.879. The van der Waals surface area contributed by atoms with E-state index in [1.165, 1.54) is 12.8 Å². The molecule has 2 N–H and O–H groups in total. The van der Waals surface area contributed by atoms with E-state index in [2.05, 4.69) is 15.6 Å². The SMILES string of the molecule is O=C(N[C@@H]1CC2CCC1N2)c1cc2ccsc2cn1. The molecule has 2 aliphatic rings. The van der Waals surface area contributed by atoms with Crippen LogP contribution >= 0.6 is 11.3 Å². The Labute approximate surface area is 115 Å². The molecular formula is C14H15N3OS. The first-order valence-corrected chi connectivity index (χ1v) is 7.58. The van der Waals surface area contributed by atoms with Gasteiger partial charge in [-0.25, -0.2) is 4.98 Å². The van der Waals surface area contributed by atoms with Crippen molar-refractivity contribution in [2.24, 2.45) is 0 Å². The van der Waals surface area contributed by atoms with E-state index in [0.29, 0.717) is 17.8 Å². The molecule has 2 aliphatic heterocycles. The molecule has 5 heteroatoms. The first-order chi connectivity index (χ1) is 9.29. The van der Waals surface area contributed by atoms with Gasteiger partial charge in [0.25, 0.3) is 5.91 Å². The van der Waals surface area contributed by atoms with Gasteiger partial charge < -0.3 is 10.6 Å². The molecule has 0 aliphatic carbocycles. The van der Waals surface area contributed by atoms with Crippen LogP contribution in [0.2, 0.25) is 0 Å². The molecule has 98 valence electrons. The van der Waals surface area contributed by atoms with E-state index in [1.54, 1.807) is 17.5 Å². The lowest BCUT2D eigenvalue weighted by Gasteiger charge is -2.21. The Kier molecular flexibility index (Phi) is 2.56. The minimum absolute atomic E-state index is 0.0487. The Morgan fingerprint density at radius 3 is 3.21 bits per heavy atom. The zero-order valence-corrected chi connectivity index (χ0v) is 11.2. The molecule has 19 heavy (non-hydrogen) atoms. The standard InChI is InChI=1S/C14H15N3OS/c18-14(17-11-6-9-1-2-10(11)16-9)12-5-8-3-4-19-13(8)7-15-12/h3-5,7,9-11,16H,1-2,6H2,(H,17,18)/t9?,10?,11-/m1/s1. The van der Waals surface area contributed by atoms with E-state index in [0.717, 1.165) is 16.5 Å². The molecule has 0 aromatic carbocycles. The number of carbonyl (C=O) groups excluding carboxylic acids is 1. The number of aromatic nitrogens is 1. The normalized spacial score (nSPS) is 28.9. The van der Waals surface area contributed by atoms with Gasteiger partial charge in [0, 0.05) is 24.3 Å². The third-order valence-corrected chi connectivity index (χ3v) is 5.06. The van der Waals surface area contributed by atoms with E-state index in [1.807, 2.05) is 17.5 Å². The molecule has 2 saturated heterocycles. The van der Waals surface area contributed by atoms with Crippen molar-refractivity contribution in [1.29, 1.82) is 0 Å². The number of hydrogen-bond donors (Lipinski definition) is 2. The van der Waals surface area contributed by atoms with Gasteiger partial charge in [-0.1, -0.05) is 0 Å². The van der Waals surface area contributed by atoms with Crippen LogP contribution in [0.25, 0.3) is 10.1 Å². The van der Waals surface area contributed by atoms with Crippen LogP contribution in [0.4, 0.5) is 0 Å². The summed E-state index contributed by atoms with van der Waals surface area (Å²) < 4.78 is 1.12. The van der Waals surface area contributed by atoms with Crippen LogP contribution in [0.3, 0.4) is 0 Å². The molecular weight excluding hydrogens is 258 g/mol. The van der Waals surface area contributed by atoms with Gasteiger partial charge in [0.05, 0.1) is 4.70 Å². The molecule has 0 saturated carbocycles. The maximum atomic E-state index is 12.2. The van der Waals surface area contributed by atoms with E-state index in [9.17, 15) is 4.79 Å². The van der Waals surface area contributed by atoms with Crippen LogP contribution in [-0.2, 0) is 0 Å². The number of fused-ring (bicyclic) bond motifs is 3. The van der Waals surface area contributed by atoms with Crippen molar-refractivity contribution in [2.75, 3.05) is 0 Å². The summed E-state index contributed by atoms with van der Waals surface area (Å²) in [7, 11) is 0. The molecule has 0 spiro atoms. The minimum Gasteiger partial charge on any atom is -0.346 e. The van der Waals surface area contributed by atoms with E-state index in [4.69, 9.17) is 0 Å². The van der Waals surface area contributed by atoms with Gasteiger partial charge >= 0.3 is 0 Å². The molecule has 2 unspecified atom stereocenters. The highest BCUT2D eigenvalue weighted by Crippen LogP contribution is 2.28. The Hall–Kier alpha value is -1.46. The van der Waals surface area contributed by atoms with E-state index in [-0.39, 0.29) is 11.9 Å². The van der Waals surface area contributed by atoms with Gasteiger partial charge in [0.1, 0.15) is 5.69 Å². The Balaban J connectivity index is 1.53. The van der Waals surface area contributed by atoms with Gasteiger partial charge in [-0.05, 0) is 42.2 Å². The molecule has 3 atom stereocenters. The van der Waals surface area contributed by atoms with Gasteiger partial charge in [-0.15, -0.1) is 11.3 Å². The fourth-order valence-corrected chi connectivity index (χ4v) is 3.96. The number of hydrogen-bond acceptors (Lipinski definition) is 4. The van der Waals surface area contributed by atoms with Crippen molar-refractivity contribution in [3.05, 3.63) is 29.4 Å². The lowest BCUT2D eigenvalue weighted by atomic mass is 9.95. The molecule has 4 heterocycles. The summed E-state index contributed by atoms with van der Waals surface area (Å²) in [5.41, 5.74) is 0.522. The maximum absolute atomic E-state index is 12.2. The number of nitrogens with one attached hydrogen (secondary N) is 2. The average molecular weight is 273 g/mol. The highest BCUT2D eigenvalue weighted by atomic mass is 32.1. The van der Waals surface area contributed by atoms with Gasteiger partial charge in [0.15, 0.2) is 0 Å². The lowest BCUT2D eigenvalue weighted by molar-refractivity contribution is 0.0926. The molecule has 1 amide bonds. The van der Waals surface area contributed by atoms with Crippen molar-refractivity contribution < 1.29 is 4.79 Å². The highest BCUT2D eigenvalue weighted by molar-refractivity contribution is 7.17. The molecule has 4 nitrogen and oxygen atoms in total. The van der Waals surface area contributed by atoms with Gasteiger partial charge in [0.2, 0.25) is 0 Å². The second-order valence-corrected chi connectivity index (χ2v) is 6.34. The number of carbonyl (C=O) groups is 1. The van der Waals surface area contributed by atoms with Crippen molar-refractivity contribution in [1.82, 2.24) is 15.6 Å². The molecule has 2 bridgehead atoms. The number of thiophene rings is 1. The van der Waals surface area contributed by atoms with Crippen LogP contribution in [0.15, 0.2) is 23.7 Å². The summed E-state index contributed by atoms with van der Waals surface area (Å²) in [6, 6.07) is 5.23.